The number of rotatable bonds is 3. The molecule has 19 heavy (non-hydrogen) atoms. The number of hydrogen-bond donors (Lipinski definition) is 1. The third-order valence-corrected chi connectivity index (χ3v) is 3.00. The molecule has 4 nitrogen and oxygen atoms in total. The number of methoxy groups -OCH3 is 1. The average Bonchev–Trinajstić information content (AvgIpc) is 2.40. The lowest BCUT2D eigenvalue weighted by Gasteiger charge is -2.17. The Morgan fingerprint density at radius 2 is 1.89 bits per heavy atom. The molecule has 2 rings (SSSR count). The van der Waals surface area contributed by atoms with Crippen molar-refractivity contribution in [2.24, 2.45) is 5.73 Å². The highest BCUT2D eigenvalue weighted by Gasteiger charge is 2.18. The van der Waals surface area contributed by atoms with Crippen LogP contribution >= 0.6 is 0 Å². The summed E-state index contributed by atoms with van der Waals surface area (Å²) in [6.07, 6.45) is 0. The Morgan fingerprint density at radius 3 is 2.58 bits per heavy atom. The number of aryl methyl sites for hydroxylation is 2. The van der Waals surface area contributed by atoms with Crippen LogP contribution in [0.5, 0.6) is 5.75 Å². The monoisotopic (exact) mass is 261 g/mol. The Labute approximate surface area is 111 Å². The maximum atomic E-state index is 13.4. The first-order valence-electron chi connectivity index (χ1n) is 5.92. The van der Waals surface area contributed by atoms with Gasteiger partial charge in [0.15, 0.2) is 0 Å². The van der Waals surface area contributed by atoms with E-state index in [1.54, 1.807) is 6.07 Å². The Morgan fingerprint density at radius 1 is 1.16 bits per heavy atom. The van der Waals surface area contributed by atoms with E-state index in [1.807, 2.05) is 19.9 Å². The number of aromatic nitrogens is 2. The normalized spacial score (nSPS) is 12.3. The second-order valence-electron chi connectivity index (χ2n) is 4.39. The van der Waals surface area contributed by atoms with Crippen molar-refractivity contribution >= 4 is 0 Å². The van der Waals surface area contributed by atoms with Gasteiger partial charge in [0.2, 0.25) is 0 Å². The van der Waals surface area contributed by atoms with Crippen LogP contribution in [-0.4, -0.2) is 17.3 Å². The van der Waals surface area contributed by atoms with E-state index in [4.69, 9.17) is 10.5 Å². The number of nitrogens with zero attached hydrogens (tertiary/aromatic N) is 2. The van der Waals surface area contributed by atoms with Gasteiger partial charge in [-0.3, -0.25) is 0 Å². The molecule has 1 aromatic carbocycles. The van der Waals surface area contributed by atoms with Gasteiger partial charge in [-0.05, 0) is 43.7 Å². The van der Waals surface area contributed by atoms with E-state index in [0.29, 0.717) is 11.3 Å². The molecule has 0 fully saturated rings. The van der Waals surface area contributed by atoms with Gasteiger partial charge in [0.05, 0.1) is 24.5 Å². The molecule has 0 amide bonds. The molecule has 5 heteroatoms. The van der Waals surface area contributed by atoms with Crippen molar-refractivity contribution in [2.75, 3.05) is 7.11 Å². The van der Waals surface area contributed by atoms with Gasteiger partial charge in [0, 0.05) is 5.56 Å². The number of halogens is 1. The smallest absolute Gasteiger partial charge is 0.124 e. The van der Waals surface area contributed by atoms with E-state index >= 15 is 0 Å². The maximum absolute atomic E-state index is 13.4. The minimum atomic E-state index is -0.500. The molecule has 0 aliphatic carbocycles. The fourth-order valence-corrected chi connectivity index (χ4v) is 2.00. The van der Waals surface area contributed by atoms with Crippen LogP contribution in [0.4, 0.5) is 4.39 Å². The van der Waals surface area contributed by atoms with E-state index in [2.05, 4.69) is 10.2 Å². The van der Waals surface area contributed by atoms with Crippen LogP contribution < -0.4 is 10.5 Å². The second-order valence-corrected chi connectivity index (χ2v) is 4.39. The molecule has 2 N–H and O–H groups in total. The summed E-state index contributed by atoms with van der Waals surface area (Å²) in [5, 5.41) is 8.00. The SMILES string of the molecule is COc1ccc(F)cc1C(N)c1cc(C)nnc1C. The highest BCUT2D eigenvalue weighted by molar-refractivity contribution is 5.42. The standard InChI is InChI=1S/C14H16FN3O/c1-8-6-11(9(2)18-17-8)14(16)12-7-10(15)4-5-13(12)19-3/h4-7,14H,16H2,1-3H3. The quantitative estimate of drug-likeness (QED) is 0.920. The van der Waals surface area contributed by atoms with Gasteiger partial charge >= 0.3 is 0 Å². The van der Waals surface area contributed by atoms with Gasteiger partial charge in [0.25, 0.3) is 0 Å². The molecule has 2 aromatic rings. The van der Waals surface area contributed by atoms with E-state index in [1.165, 1.54) is 19.2 Å². The first kappa shape index (κ1) is 13.4. The molecule has 0 bridgehead atoms. The van der Waals surface area contributed by atoms with Crippen LogP contribution in [0.3, 0.4) is 0 Å². The van der Waals surface area contributed by atoms with Crippen LogP contribution in [0.25, 0.3) is 0 Å². The first-order valence-corrected chi connectivity index (χ1v) is 5.92. The average molecular weight is 261 g/mol. The van der Waals surface area contributed by atoms with E-state index in [9.17, 15) is 4.39 Å². The summed E-state index contributed by atoms with van der Waals surface area (Å²) in [6.45, 7) is 3.67. The predicted molar refractivity (Wildman–Crippen MR) is 70.5 cm³/mol. The van der Waals surface area contributed by atoms with Crippen molar-refractivity contribution < 1.29 is 9.13 Å². The molecule has 0 saturated carbocycles. The lowest BCUT2D eigenvalue weighted by molar-refractivity contribution is 0.406. The molecule has 100 valence electrons. The Kier molecular flexibility index (Phi) is 3.76. The van der Waals surface area contributed by atoms with Gasteiger partial charge in [-0.2, -0.15) is 10.2 Å². The molecule has 0 saturated heterocycles. The predicted octanol–water partition coefficient (Wildman–Crippen LogP) is 2.29. The summed E-state index contributed by atoms with van der Waals surface area (Å²) in [5.41, 5.74) is 9.12. The van der Waals surface area contributed by atoms with Crippen molar-refractivity contribution in [3.63, 3.8) is 0 Å². The molecule has 0 aliphatic heterocycles. The zero-order valence-electron chi connectivity index (χ0n) is 11.1. The van der Waals surface area contributed by atoms with E-state index < -0.39 is 6.04 Å². The zero-order valence-corrected chi connectivity index (χ0v) is 11.1. The number of ether oxygens (including phenoxy) is 1. The second kappa shape index (κ2) is 5.32. The summed E-state index contributed by atoms with van der Waals surface area (Å²) in [4.78, 5) is 0. The molecule has 1 atom stereocenters. The van der Waals surface area contributed by atoms with E-state index in [0.717, 1.165) is 17.0 Å². The van der Waals surface area contributed by atoms with Crippen LogP contribution in [-0.2, 0) is 0 Å². The fourth-order valence-electron chi connectivity index (χ4n) is 2.00. The first-order chi connectivity index (χ1) is 9.02. The molecule has 0 radical (unpaired) electrons. The summed E-state index contributed by atoms with van der Waals surface area (Å²) in [7, 11) is 1.53. The van der Waals surface area contributed by atoms with Gasteiger partial charge < -0.3 is 10.5 Å². The van der Waals surface area contributed by atoms with Gasteiger partial charge in [-0.25, -0.2) is 4.39 Å². The van der Waals surface area contributed by atoms with Crippen LogP contribution in [0.15, 0.2) is 24.3 Å². The zero-order chi connectivity index (χ0) is 14.0. The lowest BCUT2D eigenvalue weighted by Crippen LogP contribution is -2.16. The maximum Gasteiger partial charge on any atom is 0.124 e. The highest BCUT2D eigenvalue weighted by Crippen LogP contribution is 2.30. The lowest BCUT2D eigenvalue weighted by atomic mass is 9.97. The highest BCUT2D eigenvalue weighted by atomic mass is 19.1. The summed E-state index contributed by atoms with van der Waals surface area (Å²) < 4.78 is 18.6. The summed E-state index contributed by atoms with van der Waals surface area (Å²) >= 11 is 0. The van der Waals surface area contributed by atoms with Gasteiger partial charge in [-0.1, -0.05) is 0 Å². The largest absolute Gasteiger partial charge is 0.496 e. The minimum absolute atomic E-state index is 0.345. The Balaban J connectivity index is 2.51. The number of hydrogen-bond acceptors (Lipinski definition) is 4. The summed E-state index contributed by atoms with van der Waals surface area (Å²) in [5.74, 6) is 0.213. The van der Waals surface area contributed by atoms with Gasteiger partial charge in [-0.15, -0.1) is 0 Å². The summed E-state index contributed by atoms with van der Waals surface area (Å²) in [6, 6.07) is 5.66. The topological polar surface area (TPSA) is 61.0 Å². The van der Waals surface area contributed by atoms with E-state index in [-0.39, 0.29) is 5.82 Å². The van der Waals surface area contributed by atoms with Crippen molar-refractivity contribution in [1.82, 2.24) is 10.2 Å². The number of nitrogens with two attached hydrogens (primary N) is 1. The van der Waals surface area contributed by atoms with Crippen molar-refractivity contribution in [1.29, 1.82) is 0 Å². The molecular weight excluding hydrogens is 245 g/mol. The minimum Gasteiger partial charge on any atom is -0.496 e. The molecule has 0 aliphatic rings. The molecule has 0 spiro atoms. The molecule has 1 aromatic heterocycles. The van der Waals surface area contributed by atoms with Crippen LogP contribution in [0.1, 0.15) is 28.6 Å². The van der Waals surface area contributed by atoms with Crippen LogP contribution in [0.2, 0.25) is 0 Å². The third-order valence-electron chi connectivity index (χ3n) is 3.00. The fraction of sp³-hybridized carbons (Fsp3) is 0.286. The Hall–Kier alpha value is -2.01. The van der Waals surface area contributed by atoms with Crippen LogP contribution in [0, 0.1) is 19.7 Å². The molecule has 1 unspecified atom stereocenters. The van der Waals surface area contributed by atoms with Crippen molar-refractivity contribution in [3.05, 3.63) is 52.6 Å². The molecular formula is C14H16FN3O. The van der Waals surface area contributed by atoms with Gasteiger partial charge in [0.1, 0.15) is 11.6 Å². The van der Waals surface area contributed by atoms with Crippen molar-refractivity contribution in [3.8, 4) is 5.75 Å². The third kappa shape index (κ3) is 2.71. The van der Waals surface area contributed by atoms with Crippen molar-refractivity contribution in [2.45, 2.75) is 19.9 Å². The molecule has 1 heterocycles. The Bertz CT molecular complexity index is 601. The number of benzene rings is 1.